The number of carboxylic acid groups (broad SMARTS) is 1. The highest BCUT2D eigenvalue weighted by atomic mass is 32.2. The van der Waals surface area contributed by atoms with Gasteiger partial charge >= 0.3 is 5.97 Å². The van der Waals surface area contributed by atoms with Crippen LogP contribution >= 0.6 is 11.8 Å². The number of aromatic amines is 2. The van der Waals surface area contributed by atoms with Crippen molar-refractivity contribution in [3.8, 4) is 0 Å². The first-order valence-electron chi connectivity index (χ1n) is 39.7. The average molecular weight is 1670 g/mol. The first-order valence-corrected chi connectivity index (χ1v) is 41.1. The van der Waals surface area contributed by atoms with Crippen LogP contribution in [0.3, 0.4) is 0 Å². The Bertz CT molecular complexity index is 4190. The maximum absolute atomic E-state index is 15.0. The third-order valence-electron chi connectivity index (χ3n) is 20.2. The van der Waals surface area contributed by atoms with Gasteiger partial charge in [-0.15, -0.1) is 0 Å². The number of aromatic nitrogens is 2. The van der Waals surface area contributed by atoms with Crippen molar-refractivity contribution < 1.29 is 92.3 Å². The summed E-state index contributed by atoms with van der Waals surface area (Å²) in [4.78, 5) is 221. The summed E-state index contributed by atoms with van der Waals surface area (Å²) in [5.41, 5.74) is 25.0. The Kier molecular flexibility index (Phi) is 38.1. The lowest BCUT2D eigenvalue weighted by atomic mass is 9.99. The number of H-pyrrole nitrogens is 2. The molecule has 2 fully saturated rings. The largest absolute Gasteiger partial charge is 0.480 e. The minimum Gasteiger partial charge on any atom is -0.480 e. The number of thioether (sulfide) groups is 1. The number of primary amides is 1. The molecule has 6 rings (SSSR count). The number of carbonyl (C=O) groups is 15. The number of nitrogens with one attached hydrogen (secondary N) is 13. The van der Waals surface area contributed by atoms with E-state index in [1.165, 1.54) is 23.6 Å². The predicted molar refractivity (Wildman–Crippen MR) is 437 cm³/mol. The van der Waals surface area contributed by atoms with Gasteiger partial charge in [-0.2, -0.15) is 11.8 Å². The number of hydrogen-bond donors (Lipinski definition) is 21. The zero-order valence-corrected chi connectivity index (χ0v) is 68.7. The van der Waals surface area contributed by atoms with Crippen LogP contribution in [0.15, 0.2) is 65.9 Å². The SMILES string of the molecule is CSCC[C@H](N)C(=O)N[C@@H](CO)C(=O)N[C@@H](Cc1c[nH]c2ccccc12)C(=O)N1CCC[C@H]1C(=O)N[C@@H](Cc1c[nH]c2ccccc12)C(=O)N[C@@H](CO)C(=O)N1CCC[C@H]1C(=O)N[C@@H](CO)C(=O)N[C@@H](C)C(=O)N[C@@H](CC(C)C)C(=O)N[C@@H](CCCN=C(N)N)C(=O)N[C@@H](CC(C)C)C(=O)N[C@@H](CC(C)C)C(=O)N[C@@H](CCC(N)=O)C(=O)O. The molecule has 40 heteroatoms. The number of hydrogen-bond acceptors (Lipinski definition) is 21. The van der Waals surface area contributed by atoms with Crippen molar-refractivity contribution in [3.63, 3.8) is 0 Å². The summed E-state index contributed by atoms with van der Waals surface area (Å²) >= 11 is 1.46. The monoisotopic (exact) mass is 1670 g/mol. The Morgan fingerprint density at radius 2 is 0.864 bits per heavy atom. The van der Waals surface area contributed by atoms with Gasteiger partial charge in [0.2, 0.25) is 82.7 Å². The molecule has 4 aromatic rings. The number of nitrogens with two attached hydrogens (primary N) is 4. The van der Waals surface area contributed by atoms with Crippen LogP contribution in [0.25, 0.3) is 21.8 Å². The highest BCUT2D eigenvalue weighted by molar-refractivity contribution is 7.98. The van der Waals surface area contributed by atoms with Crippen molar-refractivity contribution in [1.29, 1.82) is 0 Å². The lowest BCUT2D eigenvalue weighted by Crippen LogP contribution is -2.61. The molecule has 2 aliphatic rings. The molecule has 2 saturated heterocycles. The number of guanidine groups is 1. The molecule has 14 amide bonds. The van der Waals surface area contributed by atoms with E-state index in [9.17, 15) is 87.5 Å². The number of aliphatic imine (C=N–C) groups is 1. The molecule has 0 aliphatic carbocycles. The zero-order valence-electron chi connectivity index (χ0n) is 67.9. The minimum absolute atomic E-state index is 0.00166. The molecule has 0 unspecified atom stereocenters. The van der Waals surface area contributed by atoms with E-state index >= 15 is 4.79 Å². The Labute approximate surface area is 687 Å². The maximum Gasteiger partial charge on any atom is 0.326 e. The minimum atomic E-state index is -1.76. The lowest BCUT2D eigenvalue weighted by molar-refractivity contribution is -0.144. The number of rotatable bonds is 48. The normalized spacial score (nSPS) is 17.1. The second-order valence-electron chi connectivity index (χ2n) is 31.0. The van der Waals surface area contributed by atoms with E-state index < -0.39 is 193 Å². The van der Waals surface area contributed by atoms with Gasteiger partial charge in [-0.3, -0.25) is 72.1 Å². The van der Waals surface area contributed by atoms with Crippen molar-refractivity contribution in [2.45, 2.75) is 223 Å². The van der Waals surface area contributed by atoms with E-state index in [-0.39, 0.29) is 127 Å². The highest BCUT2D eigenvalue weighted by Crippen LogP contribution is 2.26. The number of para-hydroxylation sites is 2. The van der Waals surface area contributed by atoms with Crippen LogP contribution < -0.4 is 81.4 Å². The molecule has 0 bridgehead atoms. The van der Waals surface area contributed by atoms with E-state index in [1.807, 2.05) is 24.5 Å². The summed E-state index contributed by atoms with van der Waals surface area (Å²) in [5, 5.41) is 71.3. The van der Waals surface area contributed by atoms with Gasteiger partial charge in [0.25, 0.3) is 0 Å². The quantitative estimate of drug-likeness (QED) is 0.0115. The van der Waals surface area contributed by atoms with Crippen LogP contribution in [0.2, 0.25) is 0 Å². The molecule has 0 spiro atoms. The molecule has 118 heavy (non-hydrogen) atoms. The molecule has 25 N–H and O–H groups in total. The number of benzene rings is 2. The zero-order chi connectivity index (χ0) is 87.2. The van der Waals surface area contributed by atoms with Crippen molar-refractivity contribution in [2.75, 3.05) is 51.5 Å². The Hall–Kier alpha value is -11.0. The number of aliphatic carboxylic acids is 1. The molecule has 2 aromatic carbocycles. The van der Waals surface area contributed by atoms with Crippen molar-refractivity contribution in [1.82, 2.24) is 78.3 Å². The van der Waals surface area contributed by atoms with E-state index in [2.05, 4.69) is 73.4 Å². The van der Waals surface area contributed by atoms with Gasteiger partial charge in [0.15, 0.2) is 5.96 Å². The number of amides is 14. The molecule has 14 atom stereocenters. The summed E-state index contributed by atoms with van der Waals surface area (Å²) in [7, 11) is 0. The molecule has 39 nitrogen and oxygen atoms in total. The first kappa shape index (κ1) is 95.9. The number of aliphatic hydroxyl groups excluding tert-OH is 3. The molecule has 0 saturated carbocycles. The standard InChI is InChI=1S/C78H118N20O19S/c1-40(2)30-53(67(106)87-51(20-13-26-83-78(81)82)66(105)90-55(32-42(5)6)69(108)91-54(31-41(3)4)68(107)88-52(77(116)117)23-24-63(80)102)89-64(103)43(7)86-71(110)58(37-99)95-74(113)62-22-15-28-98(62)76(115)60(39-101)96-70(109)56(33-44-35-84-49-18-11-9-16-46(44)49)92-73(112)61-21-14-27-97(61)75(114)57(34-45-36-85-50-19-12-10-17-47(45)50)93-72(111)59(38-100)94-65(104)48(79)25-29-118-8/h9-12,16-19,35-36,40-43,48,51-62,84-85,99-101H,13-15,20-34,37-39,79H2,1-8H3,(H2,80,102)(H,86,110)(H,87,106)(H,88,107)(H,89,103)(H,90,105)(H,91,108)(H,92,112)(H,93,111)(H,94,104)(H,95,113)(H,96,109)(H,116,117)(H4,81,82,83)/t43-,48-,51-,52-,53-,54-,55-,56-,57-,58-,59-,60-,61-,62-/m0/s1. The van der Waals surface area contributed by atoms with Gasteiger partial charge < -0.3 is 122 Å². The van der Waals surface area contributed by atoms with Gasteiger partial charge in [0.1, 0.15) is 78.5 Å². The summed E-state index contributed by atoms with van der Waals surface area (Å²) < 4.78 is 0. The fourth-order valence-electron chi connectivity index (χ4n) is 14.0. The Balaban J connectivity index is 1.14. The molecule has 650 valence electrons. The van der Waals surface area contributed by atoms with Crippen molar-refractivity contribution >= 4 is 128 Å². The van der Waals surface area contributed by atoms with Crippen LogP contribution in [0.1, 0.15) is 137 Å². The number of aliphatic hydroxyl groups is 3. The lowest BCUT2D eigenvalue weighted by Gasteiger charge is -2.31. The first-order chi connectivity index (χ1) is 56.0. The van der Waals surface area contributed by atoms with Gasteiger partial charge in [0.05, 0.1) is 25.9 Å². The second-order valence-corrected chi connectivity index (χ2v) is 32.0. The smallest absolute Gasteiger partial charge is 0.326 e. The third-order valence-corrected chi connectivity index (χ3v) is 20.8. The molecule has 4 heterocycles. The number of nitrogens with zero attached hydrogens (tertiary/aromatic N) is 3. The average Bonchev–Trinajstić information content (AvgIpc) is 1.67. The van der Waals surface area contributed by atoms with Gasteiger partial charge in [-0.05, 0) is 131 Å². The fraction of sp³-hybridized carbons (Fsp3) is 0.590. The van der Waals surface area contributed by atoms with E-state index in [4.69, 9.17) is 22.9 Å². The van der Waals surface area contributed by atoms with Crippen LogP contribution in [0.5, 0.6) is 0 Å². The van der Waals surface area contributed by atoms with Gasteiger partial charge in [-0.1, -0.05) is 77.9 Å². The van der Waals surface area contributed by atoms with Crippen LogP contribution in [0.4, 0.5) is 0 Å². The van der Waals surface area contributed by atoms with Crippen LogP contribution in [-0.2, 0) is 84.8 Å². The maximum atomic E-state index is 15.0. The van der Waals surface area contributed by atoms with E-state index in [1.54, 1.807) is 84.3 Å². The summed E-state index contributed by atoms with van der Waals surface area (Å²) in [6, 6.07) is -5.62. The van der Waals surface area contributed by atoms with Crippen LogP contribution in [0, 0.1) is 17.8 Å². The molecular weight excluding hydrogens is 1550 g/mol. The number of likely N-dealkylation sites (tertiary alicyclic amines) is 2. The summed E-state index contributed by atoms with van der Waals surface area (Å²) in [6.07, 6.45) is 5.03. The van der Waals surface area contributed by atoms with Gasteiger partial charge in [0, 0.05) is 73.1 Å². The second kappa shape index (κ2) is 46.8. The summed E-state index contributed by atoms with van der Waals surface area (Å²) in [6.45, 7) is 8.79. The highest BCUT2D eigenvalue weighted by Gasteiger charge is 2.44. The Morgan fingerprint density at radius 1 is 0.475 bits per heavy atom. The molecule has 2 aromatic heterocycles. The number of carbonyl (C=O) groups excluding carboxylic acids is 14. The number of carboxylic acids is 1. The third kappa shape index (κ3) is 28.7. The number of fused-ring (bicyclic) bond motifs is 2. The molecule has 2 aliphatic heterocycles. The van der Waals surface area contributed by atoms with Crippen molar-refractivity contribution in [3.05, 3.63) is 72.1 Å². The Morgan fingerprint density at radius 3 is 1.33 bits per heavy atom. The van der Waals surface area contributed by atoms with E-state index in [0.29, 0.717) is 34.2 Å². The van der Waals surface area contributed by atoms with Gasteiger partial charge in [-0.25, -0.2) is 4.79 Å². The molecule has 0 radical (unpaired) electrons. The fourth-order valence-corrected chi connectivity index (χ4v) is 14.4. The van der Waals surface area contributed by atoms with E-state index in [0.717, 1.165) is 15.8 Å². The summed E-state index contributed by atoms with van der Waals surface area (Å²) in [5.74, 6) is -14.1. The van der Waals surface area contributed by atoms with Crippen molar-refractivity contribution in [2.24, 2.45) is 45.7 Å². The molecular formula is C78H118N20O19S. The topological polar surface area (TPSA) is 624 Å². The predicted octanol–water partition coefficient (Wildman–Crippen LogP) is -3.63. The van der Waals surface area contributed by atoms with Crippen LogP contribution in [-0.4, -0.2) is 271 Å².